The Morgan fingerprint density at radius 2 is 2.06 bits per heavy atom. The molecule has 0 spiro atoms. The summed E-state index contributed by atoms with van der Waals surface area (Å²) in [6.07, 6.45) is 0.247. The fraction of sp³-hybridized carbons (Fsp3) is 0.846. The minimum Gasteiger partial charge on any atom is -0.444 e. The highest BCUT2D eigenvalue weighted by atomic mass is 19.1. The number of carbonyl (C=O) groups excluding carboxylic acids is 2. The van der Waals surface area contributed by atoms with Crippen LogP contribution in [-0.2, 0) is 9.53 Å². The van der Waals surface area contributed by atoms with Gasteiger partial charge in [-0.05, 0) is 40.0 Å². The molecule has 0 aromatic heterocycles. The van der Waals surface area contributed by atoms with Crippen molar-refractivity contribution in [3.63, 3.8) is 0 Å². The van der Waals surface area contributed by atoms with Gasteiger partial charge < -0.3 is 4.74 Å². The van der Waals surface area contributed by atoms with Crippen LogP contribution in [-0.4, -0.2) is 40.6 Å². The Bertz CT molecular complexity index is 364. The van der Waals surface area contributed by atoms with Crippen LogP contribution in [0.2, 0.25) is 0 Å². The van der Waals surface area contributed by atoms with E-state index < -0.39 is 23.9 Å². The van der Waals surface area contributed by atoms with Crippen LogP contribution < -0.4 is 0 Å². The maximum atomic E-state index is 13.9. The predicted octanol–water partition coefficient (Wildman–Crippen LogP) is 2.46. The van der Waals surface area contributed by atoms with Crippen LogP contribution in [0.5, 0.6) is 0 Å². The Kier molecular flexibility index (Phi) is 3.34. The Morgan fingerprint density at radius 3 is 2.67 bits per heavy atom. The molecule has 2 rings (SSSR count). The van der Waals surface area contributed by atoms with Gasteiger partial charge in [0.2, 0.25) is 0 Å². The Morgan fingerprint density at radius 1 is 1.39 bits per heavy atom. The van der Waals surface area contributed by atoms with Crippen molar-refractivity contribution in [2.45, 2.75) is 70.3 Å². The van der Waals surface area contributed by atoms with Crippen LogP contribution >= 0.6 is 0 Å². The molecule has 0 aromatic rings. The van der Waals surface area contributed by atoms with E-state index >= 15 is 0 Å². The lowest BCUT2D eigenvalue weighted by atomic mass is 9.83. The number of ketones is 1. The summed E-state index contributed by atoms with van der Waals surface area (Å²) >= 11 is 0. The number of alkyl halides is 1. The second-order valence-electron chi connectivity index (χ2n) is 6.11. The number of hydrogen-bond donors (Lipinski definition) is 0. The van der Waals surface area contributed by atoms with Crippen LogP contribution in [0.4, 0.5) is 9.18 Å². The van der Waals surface area contributed by atoms with E-state index in [1.165, 1.54) is 4.90 Å². The van der Waals surface area contributed by atoms with Crippen molar-refractivity contribution in [1.82, 2.24) is 4.90 Å². The number of carbonyl (C=O) groups is 2. The molecular weight excluding hydrogens is 237 g/mol. The van der Waals surface area contributed by atoms with E-state index in [-0.39, 0.29) is 18.2 Å². The third kappa shape index (κ3) is 2.49. The van der Waals surface area contributed by atoms with Gasteiger partial charge in [-0.1, -0.05) is 0 Å². The number of ether oxygens (including phenoxy) is 1. The van der Waals surface area contributed by atoms with Gasteiger partial charge in [-0.25, -0.2) is 9.18 Å². The van der Waals surface area contributed by atoms with Crippen LogP contribution in [0.15, 0.2) is 0 Å². The van der Waals surface area contributed by atoms with E-state index in [0.29, 0.717) is 6.42 Å². The normalized spacial score (nSPS) is 32.3. The van der Waals surface area contributed by atoms with Gasteiger partial charge in [0.05, 0.1) is 6.04 Å². The lowest BCUT2D eigenvalue weighted by Gasteiger charge is -2.46. The summed E-state index contributed by atoms with van der Waals surface area (Å²) in [6.45, 7) is 5.34. The molecule has 4 nitrogen and oxygen atoms in total. The largest absolute Gasteiger partial charge is 0.444 e. The molecule has 18 heavy (non-hydrogen) atoms. The fourth-order valence-corrected chi connectivity index (χ4v) is 2.76. The molecule has 1 amide bonds. The number of rotatable bonds is 0. The van der Waals surface area contributed by atoms with Crippen molar-refractivity contribution in [1.29, 1.82) is 0 Å². The molecule has 2 saturated heterocycles. The molecule has 2 aliphatic heterocycles. The van der Waals surface area contributed by atoms with E-state index in [0.717, 1.165) is 12.8 Å². The Hall–Kier alpha value is -1.13. The molecule has 2 heterocycles. The van der Waals surface area contributed by atoms with Gasteiger partial charge in [-0.2, -0.15) is 0 Å². The predicted molar refractivity (Wildman–Crippen MR) is 64.0 cm³/mol. The molecule has 0 aliphatic carbocycles. The first kappa shape index (κ1) is 13.3. The lowest BCUT2D eigenvalue weighted by molar-refractivity contribution is -0.135. The van der Waals surface area contributed by atoms with Crippen LogP contribution in [0, 0.1) is 0 Å². The van der Waals surface area contributed by atoms with Gasteiger partial charge in [-0.3, -0.25) is 9.69 Å². The monoisotopic (exact) mass is 257 g/mol. The van der Waals surface area contributed by atoms with E-state index in [9.17, 15) is 14.0 Å². The summed E-state index contributed by atoms with van der Waals surface area (Å²) in [5, 5.41) is 0. The van der Waals surface area contributed by atoms with Gasteiger partial charge in [0.1, 0.15) is 5.60 Å². The van der Waals surface area contributed by atoms with Gasteiger partial charge >= 0.3 is 6.09 Å². The molecule has 2 bridgehead atoms. The minimum atomic E-state index is -1.55. The molecule has 0 saturated carbocycles. The molecule has 102 valence electrons. The number of fused-ring (bicyclic) bond motifs is 2. The second-order valence-corrected chi connectivity index (χ2v) is 6.11. The van der Waals surface area contributed by atoms with E-state index in [1.54, 1.807) is 20.8 Å². The molecule has 2 aliphatic rings. The minimum absolute atomic E-state index is 0.122. The van der Waals surface area contributed by atoms with Gasteiger partial charge in [-0.15, -0.1) is 0 Å². The Labute approximate surface area is 106 Å². The van der Waals surface area contributed by atoms with Gasteiger partial charge in [0.25, 0.3) is 0 Å². The maximum absolute atomic E-state index is 13.9. The van der Waals surface area contributed by atoms with Crippen molar-refractivity contribution >= 4 is 11.9 Å². The molecule has 2 fully saturated rings. The highest BCUT2D eigenvalue weighted by Gasteiger charge is 2.48. The summed E-state index contributed by atoms with van der Waals surface area (Å²) < 4.78 is 19.2. The van der Waals surface area contributed by atoms with Crippen LogP contribution in [0.25, 0.3) is 0 Å². The quantitative estimate of drug-likeness (QED) is 0.669. The van der Waals surface area contributed by atoms with Gasteiger partial charge in [0, 0.05) is 12.5 Å². The fourth-order valence-electron chi connectivity index (χ4n) is 2.76. The summed E-state index contributed by atoms with van der Waals surface area (Å²) in [5.74, 6) is -0.371. The van der Waals surface area contributed by atoms with E-state index in [4.69, 9.17) is 4.74 Å². The standard InChI is InChI=1S/C13H20FNO3/c1-13(2,3)18-12(17)15-8-5-4-6-9(15)11(14)10(16)7-8/h8-9,11H,4-7H2,1-3H3/t8-,9-,11+/m1/s1. The van der Waals surface area contributed by atoms with Crippen LogP contribution in [0.1, 0.15) is 46.5 Å². The van der Waals surface area contributed by atoms with Crippen molar-refractivity contribution in [3.05, 3.63) is 0 Å². The summed E-state index contributed by atoms with van der Waals surface area (Å²) in [4.78, 5) is 25.1. The number of halogens is 1. The zero-order valence-corrected chi connectivity index (χ0v) is 11.1. The molecule has 0 aromatic carbocycles. The Balaban J connectivity index is 2.16. The average Bonchev–Trinajstić information content (AvgIpc) is 2.23. The zero-order valence-electron chi connectivity index (χ0n) is 11.1. The first-order chi connectivity index (χ1) is 8.29. The number of hydrogen-bond acceptors (Lipinski definition) is 3. The summed E-state index contributed by atoms with van der Waals surface area (Å²) in [7, 11) is 0. The third-order valence-corrected chi connectivity index (χ3v) is 3.47. The van der Waals surface area contributed by atoms with Gasteiger partial charge in [0.15, 0.2) is 12.0 Å². The number of piperidine rings is 2. The highest BCUT2D eigenvalue weighted by Crippen LogP contribution is 2.34. The smallest absolute Gasteiger partial charge is 0.410 e. The summed E-state index contributed by atoms with van der Waals surface area (Å²) in [5.41, 5.74) is -0.599. The topological polar surface area (TPSA) is 46.6 Å². The van der Waals surface area contributed by atoms with Crippen molar-refractivity contribution < 1.29 is 18.7 Å². The second kappa shape index (κ2) is 4.52. The summed E-state index contributed by atoms with van der Waals surface area (Å²) in [6, 6.07) is -0.807. The SMILES string of the molecule is CC(C)(C)OC(=O)N1[C@@H]2CCC[C@@H]1[C@H](F)C(=O)C2. The zero-order chi connectivity index (χ0) is 13.5. The maximum Gasteiger partial charge on any atom is 0.410 e. The molecule has 0 unspecified atom stereocenters. The first-order valence-corrected chi connectivity index (χ1v) is 6.48. The highest BCUT2D eigenvalue weighted by molar-refractivity contribution is 5.87. The third-order valence-electron chi connectivity index (χ3n) is 3.47. The molecule has 0 N–H and O–H groups in total. The van der Waals surface area contributed by atoms with E-state index in [1.807, 2.05) is 0 Å². The first-order valence-electron chi connectivity index (χ1n) is 6.48. The number of nitrogens with zero attached hydrogens (tertiary/aromatic N) is 1. The molecular formula is C13H20FNO3. The molecule has 5 heteroatoms. The van der Waals surface area contributed by atoms with E-state index in [2.05, 4.69) is 0 Å². The lowest BCUT2D eigenvalue weighted by Crippen LogP contribution is -2.61. The molecule has 3 atom stereocenters. The van der Waals surface area contributed by atoms with Crippen LogP contribution in [0.3, 0.4) is 0 Å². The average molecular weight is 257 g/mol. The van der Waals surface area contributed by atoms with Crippen molar-refractivity contribution in [3.8, 4) is 0 Å². The number of amides is 1. The molecule has 0 radical (unpaired) electrons. The van der Waals surface area contributed by atoms with Crippen molar-refractivity contribution in [2.24, 2.45) is 0 Å². The number of Topliss-reactive ketones (excluding diaryl/α,β-unsaturated/α-hetero) is 1. The van der Waals surface area contributed by atoms with Crippen molar-refractivity contribution in [2.75, 3.05) is 0 Å².